The predicted octanol–water partition coefficient (Wildman–Crippen LogP) is 2.99. The van der Waals surface area contributed by atoms with Gasteiger partial charge in [0.25, 0.3) is 0 Å². The van der Waals surface area contributed by atoms with Gasteiger partial charge in [0, 0.05) is 62.4 Å². The summed E-state index contributed by atoms with van der Waals surface area (Å²) in [5.74, 6) is 0.478. The summed E-state index contributed by atoms with van der Waals surface area (Å²) >= 11 is 0. The summed E-state index contributed by atoms with van der Waals surface area (Å²) in [6.45, 7) is 3.16. The molecule has 0 aliphatic carbocycles. The average Bonchev–Trinajstić information content (AvgIpc) is 3.33. The first-order chi connectivity index (χ1) is 14.1. The second-order valence-corrected chi connectivity index (χ2v) is 7.93. The molecule has 3 N–H and O–H groups in total. The predicted molar refractivity (Wildman–Crippen MR) is 122 cm³/mol. The molecule has 0 aromatic heterocycles. The zero-order valence-electron chi connectivity index (χ0n) is 17.0. The molecule has 0 bridgehead atoms. The third-order valence-electron chi connectivity index (χ3n) is 5.86. The van der Waals surface area contributed by atoms with Crippen LogP contribution in [-0.4, -0.2) is 48.9 Å². The molecular weight excluding hydrogens is 400 g/mol. The number of nitrogens with zero attached hydrogens (tertiary/aromatic N) is 2. The van der Waals surface area contributed by atoms with Crippen LogP contribution in [0.25, 0.3) is 0 Å². The second-order valence-electron chi connectivity index (χ2n) is 7.93. The molecule has 160 valence electrons. The molecule has 0 radical (unpaired) electrons. The molecule has 2 saturated heterocycles. The summed E-state index contributed by atoms with van der Waals surface area (Å²) in [7, 11) is 0. The quantitative estimate of drug-likeness (QED) is 0.741. The van der Waals surface area contributed by atoms with E-state index in [0.29, 0.717) is 25.3 Å². The van der Waals surface area contributed by atoms with Crippen LogP contribution in [0, 0.1) is 0 Å². The van der Waals surface area contributed by atoms with Crippen molar-refractivity contribution in [3.63, 3.8) is 0 Å². The van der Waals surface area contributed by atoms with Crippen molar-refractivity contribution >= 4 is 35.6 Å². The van der Waals surface area contributed by atoms with Crippen LogP contribution in [0.15, 0.2) is 54.6 Å². The molecule has 2 aromatic carbocycles. The van der Waals surface area contributed by atoms with Crippen molar-refractivity contribution < 1.29 is 9.59 Å². The maximum absolute atomic E-state index is 12.4. The number of carbonyl (C=O) groups excluding carboxylic acids is 2. The molecule has 7 heteroatoms. The van der Waals surface area contributed by atoms with Gasteiger partial charge in [0.1, 0.15) is 0 Å². The molecule has 0 spiro atoms. The van der Waals surface area contributed by atoms with Crippen molar-refractivity contribution in [3.05, 3.63) is 60.2 Å². The van der Waals surface area contributed by atoms with Crippen LogP contribution in [0.1, 0.15) is 30.7 Å². The third kappa shape index (κ3) is 5.19. The lowest BCUT2D eigenvalue weighted by Gasteiger charge is -2.17. The number of rotatable bonds is 6. The number of benzene rings is 2. The molecule has 0 unspecified atom stereocenters. The lowest BCUT2D eigenvalue weighted by molar-refractivity contribution is -0.117. The van der Waals surface area contributed by atoms with Gasteiger partial charge in [-0.25, -0.2) is 0 Å². The van der Waals surface area contributed by atoms with Crippen LogP contribution >= 0.6 is 12.4 Å². The Labute approximate surface area is 183 Å². The van der Waals surface area contributed by atoms with E-state index < -0.39 is 0 Å². The Balaban J connectivity index is 0.00000256. The summed E-state index contributed by atoms with van der Waals surface area (Å²) < 4.78 is 0. The lowest BCUT2D eigenvalue weighted by Crippen LogP contribution is -2.30. The Morgan fingerprint density at radius 3 is 2.47 bits per heavy atom. The minimum absolute atomic E-state index is 0. The van der Waals surface area contributed by atoms with E-state index in [-0.39, 0.29) is 30.3 Å². The van der Waals surface area contributed by atoms with Crippen LogP contribution in [0.4, 0.5) is 11.4 Å². The van der Waals surface area contributed by atoms with Crippen LogP contribution < -0.4 is 16.0 Å². The Morgan fingerprint density at radius 2 is 1.80 bits per heavy atom. The number of hydrogen-bond acceptors (Lipinski definition) is 4. The molecule has 4 rings (SSSR count). The fourth-order valence-corrected chi connectivity index (χ4v) is 4.28. The number of halogens is 1. The van der Waals surface area contributed by atoms with Gasteiger partial charge in [0.05, 0.1) is 0 Å². The molecule has 2 aliphatic rings. The summed E-state index contributed by atoms with van der Waals surface area (Å²) in [4.78, 5) is 28.3. The second kappa shape index (κ2) is 10.1. The number of nitrogens with two attached hydrogens (primary N) is 1. The number of nitrogens with one attached hydrogen (secondary N) is 1. The van der Waals surface area contributed by atoms with E-state index in [1.165, 1.54) is 5.56 Å². The minimum Gasteiger partial charge on any atom is -0.326 e. The van der Waals surface area contributed by atoms with Gasteiger partial charge in [-0.3, -0.25) is 9.59 Å². The highest BCUT2D eigenvalue weighted by atomic mass is 35.5. The fraction of sp³-hybridized carbons (Fsp3) is 0.391. The van der Waals surface area contributed by atoms with Gasteiger partial charge < -0.3 is 20.9 Å². The summed E-state index contributed by atoms with van der Waals surface area (Å²) in [5.41, 5.74) is 9.25. The standard InChI is InChI=1S/C23H28N4O2.ClH/c24-21-16-26(15-20(21)17-5-2-1-3-6-17)14-12-22(28)25-18-8-10-19(11-9-18)27-13-4-7-23(27)29;/h1-3,5-6,8-11,20-21H,4,7,12-16,24H2,(H,25,28);1H/t20-,21+;/m0./s1. The summed E-state index contributed by atoms with van der Waals surface area (Å²) in [6, 6.07) is 18.0. The van der Waals surface area contributed by atoms with Gasteiger partial charge >= 0.3 is 0 Å². The van der Waals surface area contributed by atoms with E-state index >= 15 is 0 Å². The van der Waals surface area contributed by atoms with Crippen molar-refractivity contribution in [3.8, 4) is 0 Å². The van der Waals surface area contributed by atoms with Gasteiger partial charge in [-0.1, -0.05) is 30.3 Å². The van der Waals surface area contributed by atoms with E-state index in [9.17, 15) is 9.59 Å². The highest BCUT2D eigenvalue weighted by molar-refractivity contribution is 5.96. The molecule has 6 nitrogen and oxygen atoms in total. The zero-order chi connectivity index (χ0) is 20.2. The first kappa shape index (κ1) is 22.3. The maximum atomic E-state index is 12.4. The van der Waals surface area contributed by atoms with Crippen LogP contribution in [0.5, 0.6) is 0 Å². The van der Waals surface area contributed by atoms with Gasteiger partial charge in [0.2, 0.25) is 11.8 Å². The Bertz CT molecular complexity index is 859. The number of anilines is 2. The first-order valence-corrected chi connectivity index (χ1v) is 10.3. The van der Waals surface area contributed by atoms with Crippen molar-refractivity contribution in [1.29, 1.82) is 0 Å². The van der Waals surface area contributed by atoms with E-state index in [0.717, 1.165) is 37.4 Å². The minimum atomic E-state index is -0.00766. The molecular formula is C23H29ClN4O2. The van der Waals surface area contributed by atoms with E-state index in [1.54, 1.807) is 4.90 Å². The van der Waals surface area contributed by atoms with Crippen molar-refractivity contribution in [1.82, 2.24) is 4.90 Å². The number of amides is 2. The van der Waals surface area contributed by atoms with Crippen molar-refractivity contribution in [2.24, 2.45) is 5.73 Å². The number of carbonyl (C=O) groups is 2. The molecule has 0 saturated carbocycles. The van der Waals surface area contributed by atoms with Crippen LogP contribution in [0.2, 0.25) is 0 Å². The molecule has 2 aromatic rings. The van der Waals surface area contributed by atoms with Gasteiger partial charge in [-0.15, -0.1) is 12.4 Å². The first-order valence-electron chi connectivity index (χ1n) is 10.3. The molecule has 2 heterocycles. The fourth-order valence-electron chi connectivity index (χ4n) is 4.28. The Morgan fingerprint density at radius 1 is 1.07 bits per heavy atom. The molecule has 2 atom stereocenters. The number of likely N-dealkylation sites (tertiary alicyclic amines) is 1. The van der Waals surface area contributed by atoms with Gasteiger partial charge in [-0.05, 0) is 36.2 Å². The van der Waals surface area contributed by atoms with Gasteiger partial charge in [-0.2, -0.15) is 0 Å². The molecule has 2 aliphatic heterocycles. The molecule has 2 fully saturated rings. The van der Waals surface area contributed by atoms with E-state index in [2.05, 4.69) is 22.3 Å². The van der Waals surface area contributed by atoms with E-state index in [1.807, 2.05) is 42.5 Å². The highest BCUT2D eigenvalue weighted by Crippen LogP contribution is 2.26. The maximum Gasteiger partial charge on any atom is 0.227 e. The highest BCUT2D eigenvalue weighted by Gasteiger charge is 2.31. The van der Waals surface area contributed by atoms with Crippen LogP contribution in [0.3, 0.4) is 0 Å². The topological polar surface area (TPSA) is 78.7 Å². The van der Waals surface area contributed by atoms with E-state index in [4.69, 9.17) is 5.73 Å². The van der Waals surface area contributed by atoms with Gasteiger partial charge in [0.15, 0.2) is 0 Å². The Hall–Kier alpha value is -2.41. The Kier molecular flexibility index (Phi) is 7.48. The summed E-state index contributed by atoms with van der Waals surface area (Å²) in [6.07, 6.45) is 1.95. The zero-order valence-corrected chi connectivity index (χ0v) is 17.8. The van der Waals surface area contributed by atoms with Crippen LogP contribution in [-0.2, 0) is 9.59 Å². The normalized spacial score (nSPS) is 21.5. The number of hydrogen-bond donors (Lipinski definition) is 2. The average molecular weight is 429 g/mol. The SMILES string of the molecule is Cl.N[C@@H]1CN(CCC(=O)Nc2ccc(N3CCCC3=O)cc2)C[C@H]1c1ccccc1. The summed E-state index contributed by atoms with van der Waals surface area (Å²) in [5, 5.41) is 2.95. The monoisotopic (exact) mass is 428 g/mol. The molecule has 2 amide bonds. The smallest absolute Gasteiger partial charge is 0.227 e. The van der Waals surface area contributed by atoms with Crippen molar-refractivity contribution in [2.75, 3.05) is 36.4 Å². The lowest BCUT2D eigenvalue weighted by atomic mass is 9.95. The van der Waals surface area contributed by atoms with Crippen molar-refractivity contribution in [2.45, 2.75) is 31.2 Å². The largest absolute Gasteiger partial charge is 0.326 e. The third-order valence-corrected chi connectivity index (χ3v) is 5.86. The molecule has 30 heavy (non-hydrogen) atoms.